The molecule has 1 fully saturated rings. The second-order valence-corrected chi connectivity index (χ2v) is 6.95. The van der Waals surface area contributed by atoms with E-state index in [1.807, 2.05) is 0 Å². The van der Waals surface area contributed by atoms with Crippen LogP contribution >= 0.6 is 0 Å². The van der Waals surface area contributed by atoms with E-state index in [4.69, 9.17) is 9.47 Å². The first kappa shape index (κ1) is 21.0. The van der Waals surface area contributed by atoms with Crippen LogP contribution in [0.1, 0.15) is 103 Å². The minimum atomic E-state index is -0.136. The van der Waals surface area contributed by atoms with Crippen LogP contribution in [-0.2, 0) is 19.1 Å². The number of carbonyl (C=O) groups excluding carboxylic acids is 2. The van der Waals surface area contributed by atoms with Crippen LogP contribution in [0.4, 0.5) is 0 Å². The van der Waals surface area contributed by atoms with Gasteiger partial charge in [0.25, 0.3) is 0 Å². The topological polar surface area (TPSA) is 52.6 Å². The SMILES string of the molecule is CCCCCCCOC(=O)CCCCC(=O)OC1CCCCCC1. The van der Waals surface area contributed by atoms with Crippen LogP contribution < -0.4 is 0 Å². The van der Waals surface area contributed by atoms with Crippen LogP contribution in [0.15, 0.2) is 0 Å². The zero-order valence-electron chi connectivity index (χ0n) is 15.5. The van der Waals surface area contributed by atoms with E-state index in [1.54, 1.807) is 0 Å². The molecule has 1 rings (SSSR count). The predicted octanol–water partition coefficient (Wildman–Crippen LogP) is 5.33. The number of rotatable bonds is 12. The summed E-state index contributed by atoms with van der Waals surface area (Å²) in [6.45, 7) is 2.72. The van der Waals surface area contributed by atoms with Gasteiger partial charge < -0.3 is 9.47 Å². The highest BCUT2D eigenvalue weighted by atomic mass is 16.5. The number of hydrogen-bond acceptors (Lipinski definition) is 4. The van der Waals surface area contributed by atoms with E-state index in [0.717, 1.165) is 25.7 Å². The normalized spacial score (nSPS) is 15.7. The maximum Gasteiger partial charge on any atom is 0.306 e. The minimum Gasteiger partial charge on any atom is -0.466 e. The van der Waals surface area contributed by atoms with Gasteiger partial charge in [0, 0.05) is 12.8 Å². The molecule has 0 radical (unpaired) electrons. The zero-order chi connectivity index (χ0) is 17.5. The lowest BCUT2D eigenvalue weighted by Crippen LogP contribution is -2.17. The molecule has 0 amide bonds. The molecule has 0 saturated heterocycles. The summed E-state index contributed by atoms with van der Waals surface area (Å²) in [6.07, 6.45) is 15.0. The number of esters is 2. The van der Waals surface area contributed by atoms with Crippen LogP contribution in [0.2, 0.25) is 0 Å². The summed E-state index contributed by atoms with van der Waals surface area (Å²) in [7, 11) is 0. The molecule has 0 bridgehead atoms. The van der Waals surface area contributed by atoms with Gasteiger partial charge in [0.2, 0.25) is 0 Å². The van der Waals surface area contributed by atoms with Gasteiger partial charge in [0.1, 0.15) is 6.10 Å². The van der Waals surface area contributed by atoms with Gasteiger partial charge in [-0.2, -0.15) is 0 Å². The molecule has 4 nitrogen and oxygen atoms in total. The highest BCUT2D eigenvalue weighted by Gasteiger charge is 2.16. The van der Waals surface area contributed by atoms with Crippen molar-refractivity contribution in [1.29, 1.82) is 0 Å². The number of ether oxygens (including phenoxy) is 2. The summed E-state index contributed by atoms with van der Waals surface area (Å²) in [4.78, 5) is 23.4. The molecule has 0 heterocycles. The maximum atomic E-state index is 11.8. The lowest BCUT2D eigenvalue weighted by atomic mass is 10.1. The largest absolute Gasteiger partial charge is 0.466 e. The third-order valence-corrected chi connectivity index (χ3v) is 4.62. The maximum absolute atomic E-state index is 11.8. The summed E-state index contributed by atoms with van der Waals surface area (Å²) < 4.78 is 10.7. The van der Waals surface area contributed by atoms with Crippen molar-refractivity contribution >= 4 is 11.9 Å². The molecule has 24 heavy (non-hydrogen) atoms. The molecule has 140 valence electrons. The van der Waals surface area contributed by atoms with Crippen LogP contribution in [0.25, 0.3) is 0 Å². The summed E-state index contributed by atoms with van der Waals surface area (Å²) in [5.41, 5.74) is 0. The second-order valence-electron chi connectivity index (χ2n) is 6.95. The molecule has 0 aromatic carbocycles. The van der Waals surface area contributed by atoms with Gasteiger partial charge in [-0.05, 0) is 44.9 Å². The molecule has 0 atom stereocenters. The quantitative estimate of drug-likeness (QED) is 0.274. The molecule has 0 unspecified atom stereocenters. The number of carbonyl (C=O) groups is 2. The average molecular weight is 341 g/mol. The Morgan fingerprint density at radius 1 is 0.792 bits per heavy atom. The van der Waals surface area contributed by atoms with Crippen molar-refractivity contribution in [2.45, 2.75) is 109 Å². The lowest BCUT2D eigenvalue weighted by molar-refractivity contribution is -0.150. The molecular weight excluding hydrogens is 304 g/mol. The van der Waals surface area contributed by atoms with Crippen molar-refractivity contribution in [2.24, 2.45) is 0 Å². The van der Waals surface area contributed by atoms with Crippen LogP contribution in [0.3, 0.4) is 0 Å². The van der Waals surface area contributed by atoms with Crippen molar-refractivity contribution in [1.82, 2.24) is 0 Å². The van der Waals surface area contributed by atoms with Crippen LogP contribution in [-0.4, -0.2) is 24.6 Å². The first-order valence-electron chi connectivity index (χ1n) is 10.1. The van der Waals surface area contributed by atoms with Gasteiger partial charge in [0.05, 0.1) is 6.61 Å². The van der Waals surface area contributed by atoms with E-state index in [2.05, 4.69) is 6.92 Å². The Hall–Kier alpha value is -1.06. The Morgan fingerprint density at radius 3 is 2.08 bits per heavy atom. The molecule has 1 saturated carbocycles. The summed E-state index contributed by atoms with van der Waals surface area (Å²) in [6, 6.07) is 0. The molecule has 0 aromatic heterocycles. The molecule has 1 aliphatic rings. The fourth-order valence-electron chi connectivity index (χ4n) is 3.11. The summed E-state index contributed by atoms with van der Waals surface area (Å²) in [5, 5.41) is 0. The molecule has 0 spiro atoms. The van der Waals surface area contributed by atoms with Gasteiger partial charge >= 0.3 is 11.9 Å². The van der Waals surface area contributed by atoms with E-state index < -0.39 is 0 Å². The monoisotopic (exact) mass is 340 g/mol. The molecule has 1 aliphatic carbocycles. The van der Waals surface area contributed by atoms with Gasteiger partial charge in [-0.25, -0.2) is 0 Å². The summed E-state index contributed by atoms with van der Waals surface area (Å²) >= 11 is 0. The fraction of sp³-hybridized carbons (Fsp3) is 0.900. The van der Waals surface area contributed by atoms with Crippen LogP contribution in [0.5, 0.6) is 0 Å². The Morgan fingerprint density at radius 2 is 1.42 bits per heavy atom. The van der Waals surface area contributed by atoms with Gasteiger partial charge in [0.15, 0.2) is 0 Å². The molecule has 4 heteroatoms. The number of hydrogen-bond donors (Lipinski definition) is 0. The molecule has 0 aliphatic heterocycles. The van der Waals surface area contributed by atoms with Gasteiger partial charge in [-0.15, -0.1) is 0 Å². The minimum absolute atomic E-state index is 0.105. The smallest absolute Gasteiger partial charge is 0.306 e. The lowest BCUT2D eigenvalue weighted by Gasteiger charge is -2.15. The molecular formula is C20H36O4. The Bertz CT molecular complexity index is 333. The number of unbranched alkanes of at least 4 members (excludes halogenated alkanes) is 5. The van der Waals surface area contributed by atoms with Crippen molar-refractivity contribution in [3.8, 4) is 0 Å². The van der Waals surface area contributed by atoms with Gasteiger partial charge in [-0.3, -0.25) is 9.59 Å². The first-order valence-corrected chi connectivity index (χ1v) is 10.1. The van der Waals surface area contributed by atoms with Crippen molar-refractivity contribution in [3.63, 3.8) is 0 Å². The van der Waals surface area contributed by atoms with E-state index in [-0.39, 0.29) is 18.0 Å². The second kappa shape index (κ2) is 14.3. The Kier molecular flexibility index (Phi) is 12.5. The van der Waals surface area contributed by atoms with Gasteiger partial charge in [-0.1, -0.05) is 45.4 Å². The fourth-order valence-corrected chi connectivity index (χ4v) is 3.11. The summed E-state index contributed by atoms with van der Waals surface area (Å²) in [5.74, 6) is -0.242. The van der Waals surface area contributed by atoms with Crippen molar-refractivity contribution in [2.75, 3.05) is 6.61 Å². The highest BCUT2D eigenvalue weighted by molar-refractivity contribution is 5.70. The van der Waals surface area contributed by atoms with Crippen molar-refractivity contribution < 1.29 is 19.1 Å². The third-order valence-electron chi connectivity index (χ3n) is 4.62. The van der Waals surface area contributed by atoms with E-state index in [1.165, 1.54) is 44.9 Å². The van der Waals surface area contributed by atoms with Crippen molar-refractivity contribution in [3.05, 3.63) is 0 Å². The standard InChI is InChI=1S/C20H36O4/c1-2-3-4-7-12-17-23-19(21)15-10-11-16-20(22)24-18-13-8-5-6-9-14-18/h18H,2-17H2,1H3. The Labute approximate surface area is 147 Å². The molecule has 0 N–H and O–H groups in total. The third kappa shape index (κ3) is 11.5. The predicted molar refractivity (Wildman–Crippen MR) is 95.8 cm³/mol. The zero-order valence-corrected chi connectivity index (χ0v) is 15.5. The van der Waals surface area contributed by atoms with E-state index >= 15 is 0 Å². The van der Waals surface area contributed by atoms with E-state index in [9.17, 15) is 9.59 Å². The highest BCUT2D eigenvalue weighted by Crippen LogP contribution is 2.20. The molecule has 0 aromatic rings. The van der Waals surface area contributed by atoms with E-state index in [0.29, 0.717) is 32.3 Å². The first-order chi connectivity index (χ1) is 11.7. The van der Waals surface area contributed by atoms with Crippen LogP contribution in [0, 0.1) is 0 Å². The average Bonchev–Trinajstić information content (AvgIpc) is 2.83. The Balaban J connectivity index is 1.94.